The van der Waals surface area contributed by atoms with Crippen LogP contribution in [0.25, 0.3) is 17.0 Å². The summed E-state index contributed by atoms with van der Waals surface area (Å²) < 4.78 is 8.58. The number of carbonyl (C=O) groups is 1. The number of thiocarbonyl (C=S) groups is 1. The van der Waals surface area contributed by atoms with Crippen molar-refractivity contribution in [3.63, 3.8) is 0 Å². The minimum atomic E-state index is -0.0470. The van der Waals surface area contributed by atoms with Crippen LogP contribution in [0.3, 0.4) is 0 Å². The average molecular weight is 395 g/mol. The van der Waals surface area contributed by atoms with E-state index in [9.17, 15) is 4.79 Å². The van der Waals surface area contributed by atoms with Gasteiger partial charge in [-0.1, -0.05) is 60.4 Å². The number of aromatic nitrogens is 1. The topological polar surface area (TPSA) is 34.5 Å². The van der Waals surface area contributed by atoms with Gasteiger partial charge in [0.25, 0.3) is 5.91 Å². The summed E-state index contributed by atoms with van der Waals surface area (Å²) in [6.45, 7) is 1.29. The molecule has 1 amide bonds. The van der Waals surface area contributed by atoms with E-state index in [0.717, 1.165) is 28.8 Å². The number of rotatable bonds is 5. The van der Waals surface area contributed by atoms with Gasteiger partial charge in [-0.3, -0.25) is 9.69 Å². The molecule has 27 heavy (non-hydrogen) atoms. The molecule has 0 radical (unpaired) electrons. The van der Waals surface area contributed by atoms with Crippen molar-refractivity contribution in [2.24, 2.45) is 0 Å². The lowest BCUT2D eigenvalue weighted by molar-refractivity contribution is -0.121. The number of carbonyl (C=O) groups excluding carboxylic acids is 1. The molecule has 136 valence electrons. The first-order chi connectivity index (χ1) is 13.1. The lowest BCUT2D eigenvalue weighted by atomic mass is 10.1. The maximum absolute atomic E-state index is 12.3. The first-order valence-electron chi connectivity index (χ1n) is 8.61. The third kappa shape index (κ3) is 3.63. The highest BCUT2D eigenvalue weighted by Crippen LogP contribution is 2.33. The van der Waals surface area contributed by atoms with Crippen molar-refractivity contribution in [2.45, 2.75) is 6.54 Å². The average Bonchev–Trinajstić information content (AvgIpc) is 3.16. The normalized spacial score (nSPS) is 15.9. The molecule has 4 nitrogen and oxygen atoms in total. The first-order valence-corrected chi connectivity index (χ1v) is 9.83. The predicted molar refractivity (Wildman–Crippen MR) is 115 cm³/mol. The van der Waals surface area contributed by atoms with Crippen LogP contribution in [0.15, 0.2) is 65.7 Å². The van der Waals surface area contributed by atoms with E-state index in [4.69, 9.17) is 17.0 Å². The molecule has 0 saturated carbocycles. The number of ether oxygens (including phenoxy) is 1. The standard InChI is InChI=1S/C21H18N2O2S2/c1-22-20(24)19(27-21(22)26)13-15-14-23(18-10-6-5-9-17(15)18)11-12-25-16-7-3-2-4-8-16/h2-10,13-14H,11-12H2,1H3/b19-13+. The number of hydrogen-bond acceptors (Lipinski definition) is 4. The summed E-state index contributed by atoms with van der Waals surface area (Å²) in [7, 11) is 1.71. The van der Waals surface area contributed by atoms with Crippen LogP contribution in [-0.4, -0.2) is 33.3 Å². The Labute approximate surface area is 167 Å². The molecule has 6 heteroatoms. The van der Waals surface area contributed by atoms with Crippen molar-refractivity contribution in [1.82, 2.24) is 9.47 Å². The quantitative estimate of drug-likeness (QED) is 0.470. The molecule has 0 spiro atoms. The molecule has 1 aliphatic heterocycles. The fourth-order valence-corrected chi connectivity index (χ4v) is 4.21. The molecule has 1 aliphatic rings. The van der Waals surface area contributed by atoms with E-state index in [1.165, 1.54) is 16.7 Å². The van der Waals surface area contributed by atoms with Gasteiger partial charge in [0.15, 0.2) is 0 Å². The largest absolute Gasteiger partial charge is 0.492 e. The molecule has 1 fully saturated rings. The predicted octanol–water partition coefficient (Wildman–Crippen LogP) is 4.55. The van der Waals surface area contributed by atoms with Gasteiger partial charge >= 0.3 is 0 Å². The van der Waals surface area contributed by atoms with Gasteiger partial charge in [-0.05, 0) is 24.3 Å². The maximum atomic E-state index is 12.3. The number of thioether (sulfide) groups is 1. The third-order valence-electron chi connectivity index (χ3n) is 4.44. The number of likely N-dealkylation sites (N-methyl/N-ethyl adjacent to an activating group) is 1. The van der Waals surface area contributed by atoms with Gasteiger partial charge < -0.3 is 9.30 Å². The highest BCUT2D eigenvalue weighted by molar-refractivity contribution is 8.26. The number of benzene rings is 2. The SMILES string of the molecule is CN1C(=O)/C(=C\c2cn(CCOc3ccccc3)c3ccccc23)SC1=S. The van der Waals surface area contributed by atoms with Crippen molar-refractivity contribution < 1.29 is 9.53 Å². The number of fused-ring (bicyclic) bond motifs is 1. The number of amides is 1. The van der Waals surface area contributed by atoms with Gasteiger partial charge in [-0.2, -0.15) is 0 Å². The molecule has 0 N–H and O–H groups in total. The molecule has 0 atom stereocenters. The van der Waals surface area contributed by atoms with Gasteiger partial charge in [-0.15, -0.1) is 0 Å². The van der Waals surface area contributed by atoms with E-state index in [1.54, 1.807) is 7.05 Å². The summed E-state index contributed by atoms with van der Waals surface area (Å²) >= 11 is 6.57. The van der Waals surface area contributed by atoms with Crippen LogP contribution in [0.1, 0.15) is 5.56 Å². The van der Waals surface area contributed by atoms with Gasteiger partial charge in [0, 0.05) is 29.7 Å². The minimum absolute atomic E-state index is 0.0470. The Hall–Kier alpha value is -2.57. The summed E-state index contributed by atoms with van der Waals surface area (Å²) in [6, 6.07) is 18.0. The van der Waals surface area contributed by atoms with Crippen LogP contribution in [0, 0.1) is 0 Å². The summed E-state index contributed by atoms with van der Waals surface area (Å²) in [5.41, 5.74) is 2.13. The second-order valence-corrected chi connectivity index (χ2v) is 7.87. The van der Waals surface area contributed by atoms with Gasteiger partial charge in [0.05, 0.1) is 11.4 Å². The summed E-state index contributed by atoms with van der Waals surface area (Å²) in [4.78, 5) is 14.5. The molecule has 3 aromatic rings. The Morgan fingerprint density at radius 2 is 1.85 bits per heavy atom. The van der Waals surface area contributed by atoms with E-state index in [1.807, 2.05) is 48.5 Å². The fourth-order valence-electron chi connectivity index (χ4n) is 3.04. The molecular weight excluding hydrogens is 376 g/mol. The maximum Gasteiger partial charge on any atom is 0.265 e. The Morgan fingerprint density at radius 3 is 2.59 bits per heavy atom. The van der Waals surface area contributed by atoms with Crippen LogP contribution in [0.5, 0.6) is 5.75 Å². The highest BCUT2D eigenvalue weighted by atomic mass is 32.2. The second-order valence-electron chi connectivity index (χ2n) is 6.20. The first kappa shape index (κ1) is 17.8. The van der Waals surface area contributed by atoms with Gasteiger partial charge in [0.1, 0.15) is 16.7 Å². The summed E-state index contributed by atoms with van der Waals surface area (Å²) in [6.07, 6.45) is 4.00. The minimum Gasteiger partial charge on any atom is -0.492 e. The van der Waals surface area contributed by atoms with Gasteiger partial charge in [0.2, 0.25) is 0 Å². The van der Waals surface area contributed by atoms with E-state index in [2.05, 4.69) is 22.9 Å². The van der Waals surface area contributed by atoms with Gasteiger partial charge in [-0.25, -0.2) is 0 Å². The van der Waals surface area contributed by atoms with Crippen LogP contribution in [0.4, 0.5) is 0 Å². The van der Waals surface area contributed by atoms with E-state index in [0.29, 0.717) is 15.8 Å². The zero-order valence-corrected chi connectivity index (χ0v) is 16.4. The molecule has 1 aromatic heterocycles. The van der Waals surface area contributed by atoms with Crippen molar-refractivity contribution in [3.05, 3.63) is 71.3 Å². The van der Waals surface area contributed by atoms with Crippen molar-refractivity contribution in [2.75, 3.05) is 13.7 Å². The fraction of sp³-hybridized carbons (Fsp3) is 0.143. The molecule has 1 saturated heterocycles. The Bertz CT molecular complexity index is 1040. The molecule has 0 bridgehead atoms. The summed E-state index contributed by atoms with van der Waals surface area (Å²) in [5.74, 6) is 0.815. The smallest absolute Gasteiger partial charge is 0.265 e. The molecular formula is C21H18N2O2S2. The van der Waals surface area contributed by atoms with E-state index < -0.39 is 0 Å². The van der Waals surface area contributed by atoms with Crippen LogP contribution < -0.4 is 4.74 Å². The third-order valence-corrected chi connectivity index (χ3v) is 5.92. The van der Waals surface area contributed by atoms with E-state index >= 15 is 0 Å². The summed E-state index contributed by atoms with van der Waals surface area (Å²) in [5, 5.41) is 1.11. The van der Waals surface area contributed by atoms with E-state index in [-0.39, 0.29) is 5.91 Å². The highest BCUT2D eigenvalue weighted by Gasteiger charge is 2.28. The Morgan fingerprint density at radius 1 is 1.11 bits per heavy atom. The number of para-hydroxylation sites is 2. The van der Waals surface area contributed by atoms with Crippen LogP contribution in [0.2, 0.25) is 0 Å². The van der Waals surface area contributed by atoms with Crippen LogP contribution >= 0.6 is 24.0 Å². The molecule has 4 rings (SSSR count). The molecule has 2 heterocycles. The second kappa shape index (κ2) is 7.58. The Kier molecular flexibility index (Phi) is 5.01. The van der Waals surface area contributed by atoms with Crippen molar-refractivity contribution in [3.8, 4) is 5.75 Å². The zero-order valence-electron chi connectivity index (χ0n) is 14.8. The number of hydrogen-bond donors (Lipinski definition) is 0. The van der Waals surface area contributed by atoms with Crippen molar-refractivity contribution >= 4 is 51.2 Å². The molecule has 0 unspecified atom stereocenters. The lowest BCUT2D eigenvalue weighted by Gasteiger charge is -2.08. The Balaban J connectivity index is 1.60. The van der Waals surface area contributed by atoms with Crippen molar-refractivity contribution in [1.29, 1.82) is 0 Å². The number of nitrogens with zero attached hydrogens (tertiary/aromatic N) is 2. The molecule has 0 aliphatic carbocycles. The lowest BCUT2D eigenvalue weighted by Crippen LogP contribution is -2.22. The van der Waals surface area contributed by atoms with Crippen LogP contribution in [-0.2, 0) is 11.3 Å². The zero-order chi connectivity index (χ0) is 18.8. The monoisotopic (exact) mass is 394 g/mol. The molecule has 2 aromatic carbocycles.